The smallest absolute Gasteiger partial charge is 0.306 e. The summed E-state index contributed by atoms with van der Waals surface area (Å²) >= 11 is 0. The zero-order valence-electron chi connectivity index (χ0n) is 4.15. The maximum Gasteiger partial charge on any atom is 0.306 e. The summed E-state index contributed by atoms with van der Waals surface area (Å²) in [6.45, 7) is 3.00. The van der Waals surface area contributed by atoms with Gasteiger partial charge in [0.15, 0.2) is 6.10 Å². The van der Waals surface area contributed by atoms with Crippen molar-refractivity contribution >= 4 is 0 Å². The van der Waals surface area contributed by atoms with E-state index in [0.29, 0.717) is 0 Å². The van der Waals surface area contributed by atoms with E-state index in [1.807, 2.05) is 0 Å². The molecular formula is C4H8O4. The molecule has 0 aliphatic heterocycles. The Morgan fingerprint density at radius 1 is 1.38 bits per heavy atom. The molecule has 0 saturated carbocycles. The van der Waals surface area contributed by atoms with Crippen molar-refractivity contribution in [3.63, 3.8) is 0 Å². The fourth-order valence-corrected chi connectivity index (χ4v) is 0.158. The van der Waals surface area contributed by atoms with Crippen molar-refractivity contribution in [1.82, 2.24) is 0 Å². The molecule has 8 heavy (non-hydrogen) atoms. The van der Waals surface area contributed by atoms with E-state index >= 15 is 0 Å². The summed E-state index contributed by atoms with van der Waals surface area (Å²) in [4.78, 5) is 0. The van der Waals surface area contributed by atoms with Crippen LogP contribution >= 0.6 is 0 Å². The van der Waals surface area contributed by atoms with E-state index < -0.39 is 12.1 Å². The molecule has 0 fully saturated rings. The van der Waals surface area contributed by atoms with Crippen LogP contribution in [0.15, 0.2) is 12.7 Å². The molecule has 0 aliphatic carbocycles. The summed E-state index contributed by atoms with van der Waals surface area (Å²) in [6.07, 6.45) is -0.914. The Balaban J connectivity index is 3.80. The lowest BCUT2D eigenvalue weighted by molar-refractivity contribution is -0.344. The van der Waals surface area contributed by atoms with Gasteiger partial charge in [0, 0.05) is 0 Å². The highest BCUT2D eigenvalue weighted by Gasteiger charge is 2.26. The van der Waals surface area contributed by atoms with Gasteiger partial charge in [-0.3, -0.25) is 0 Å². The molecule has 1 atom stereocenters. The van der Waals surface area contributed by atoms with Crippen molar-refractivity contribution in [1.29, 1.82) is 0 Å². The highest BCUT2D eigenvalue weighted by atomic mass is 16.7. The highest BCUT2D eigenvalue weighted by molar-refractivity contribution is 4.82. The zero-order valence-corrected chi connectivity index (χ0v) is 4.15. The summed E-state index contributed by atoms with van der Waals surface area (Å²) in [5.74, 6) is -3.05. The van der Waals surface area contributed by atoms with Gasteiger partial charge in [-0.15, -0.1) is 6.58 Å². The van der Waals surface area contributed by atoms with Crippen molar-refractivity contribution in [2.24, 2.45) is 0 Å². The molecule has 0 aromatic rings. The number of rotatable bonds is 2. The molecule has 0 rings (SSSR count). The largest absolute Gasteiger partial charge is 0.381 e. The van der Waals surface area contributed by atoms with Crippen LogP contribution in [-0.4, -0.2) is 32.5 Å². The molecule has 0 bridgehead atoms. The molecule has 4 heteroatoms. The molecule has 0 radical (unpaired) electrons. The van der Waals surface area contributed by atoms with E-state index in [2.05, 4.69) is 6.58 Å². The molecular weight excluding hydrogens is 112 g/mol. The van der Waals surface area contributed by atoms with E-state index in [-0.39, 0.29) is 0 Å². The van der Waals surface area contributed by atoms with Crippen LogP contribution < -0.4 is 0 Å². The van der Waals surface area contributed by atoms with Crippen molar-refractivity contribution < 1.29 is 20.4 Å². The minimum absolute atomic E-state index is 0.806. The molecule has 0 heterocycles. The maximum atomic E-state index is 8.33. The highest BCUT2D eigenvalue weighted by Crippen LogP contribution is 2.00. The Bertz CT molecular complexity index is 82.5. The number of aliphatic hydroxyl groups excluding tert-OH is 1. The first-order chi connectivity index (χ1) is 3.48. The predicted molar refractivity (Wildman–Crippen MR) is 25.6 cm³/mol. The Morgan fingerprint density at radius 3 is 1.75 bits per heavy atom. The van der Waals surface area contributed by atoms with Crippen molar-refractivity contribution in [3.05, 3.63) is 12.7 Å². The molecule has 0 aromatic heterocycles. The van der Waals surface area contributed by atoms with Gasteiger partial charge in [0.1, 0.15) is 0 Å². The van der Waals surface area contributed by atoms with Crippen LogP contribution in [0.25, 0.3) is 0 Å². The number of hydrogen-bond donors (Lipinski definition) is 4. The molecule has 0 saturated heterocycles. The summed E-state index contributed by atoms with van der Waals surface area (Å²) in [6, 6.07) is 0. The van der Waals surface area contributed by atoms with Crippen molar-refractivity contribution in [3.8, 4) is 0 Å². The van der Waals surface area contributed by atoms with Crippen LogP contribution in [0.3, 0.4) is 0 Å². The average Bonchev–Trinajstić information content (AvgIpc) is 1.62. The monoisotopic (exact) mass is 120 g/mol. The zero-order chi connectivity index (χ0) is 6.78. The summed E-state index contributed by atoms with van der Waals surface area (Å²) in [5.41, 5.74) is 0. The van der Waals surface area contributed by atoms with E-state index in [0.717, 1.165) is 6.08 Å². The second-order valence-corrected chi connectivity index (χ2v) is 1.37. The predicted octanol–water partition coefficient (Wildman–Crippen LogP) is -1.84. The molecule has 0 aromatic carbocycles. The van der Waals surface area contributed by atoms with E-state index in [9.17, 15) is 0 Å². The maximum absolute atomic E-state index is 8.33. The third-order valence-corrected chi connectivity index (χ3v) is 0.620. The first-order valence-electron chi connectivity index (χ1n) is 1.96. The Kier molecular flexibility index (Phi) is 2.12. The molecule has 0 spiro atoms. The Labute approximate surface area is 46.3 Å². The lowest BCUT2D eigenvalue weighted by Crippen LogP contribution is -2.40. The van der Waals surface area contributed by atoms with Gasteiger partial charge in [0.25, 0.3) is 0 Å². The van der Waals surface area contributed by atoms with E-state index in [4.69, 9.17) is 20.4 Å². The average molecular weight is 120 g/mol. The fraction of sp³-hybridized carbons (Fsp3) is 0.500. The first-order valence-corrected chi connectivity index (χ1v) is 1.96. The number of hydrogen-bond acceptors (Lipinski definition) is 4. The van der Waals surface area contributed by atoms with E-state index in [1.165, 1.54) is 0 Å². The van der Waals surface area contributed by atoms with Crippen LogP contribution in [0.1, 0.15) is 0 Å². The lowest BCUT2D eigenvalue weighted by Gasteiger charge is -2.16. The molecule has 48 valence electrons. The molecule has 1 unspecified atom stereocenters. The van der Waals surface area contributed by atoms with Gasteiger partial charge >= 0.3 is 5.97 Å². The van der Waals surface area contributed by atoms with Crippen LogP contribution in [0.5, 0.6) is 0 Å². The second-order valence-electron chi connectivity index (χ2n) is 1.37. The summed E-state index contributed by atoms with van der Waals surface area (Å²) in [7, 11) is 0. The lowest BCUT2D eigenvalue weighted by atomic mass is 10.3. The van der Waals surface area contributed by atoms with Gasteiger partial charge in [-0.05, 0) is 0 Å². The van der Waals surface area contributed by atoms with Crippen LogP contribution in [0.2, 0.25) is 0 Å². The topological polar surface area (TPSA) is 80.9 Å². The molecule has 4 nitrogen and oxygen atoms in total. The Hall–Kier alpha value is -0.420. The minimum Gasteiger partial charge on any atom is -0.381 e. The normalized spacial score (nSPS) is 15.5. The SMILES string of the molecule is C=CC(O)C(O)(O)O. The number of aliphatic hydroxyl groups is 4. The van der Waals surface area contributed by atoms with Gasteiger partial charge in [0.2, 0.25) is 0 Å². The van der Waals surface area contributed by atoms with Gasteiger partial charge in [-0.2, -0.15) is 0 Å². The van der Waals surface area contributed by atoms with Gasteiger partial charge < -0.3 is 20.4 Å². The van der Waals surface area contributed by atoms with Crippen molar-refractivity contribution in [2.45, 2.75) is 12.1 Å². The van der Waals surface area contributed by atoms with Gasteiger partial charge in [-0.25, -0.2) is 0 Å². The quantitative estimate of drug-likeness (QED) is 0.255. The van der Waals surface area contributed by atoms with E-state index in [1.54, 1.807) is 0 Å². The standard InChI is InChI=1S/C4H8O4/c1-2-3(5)4(6,7)8/h2-3,5-8H,1H2. The Morgan fingerprint density at radius 2 is 1.75 bits per heavy atom. The third-order valence-electron chi connectivity index (χ3n) is 0.620. The van der Waals surface area contributed by atoms with Crippen LogP contribution in [0.4, 0.5) is 0 Å². The molecule has 4 N–H and O–H groups in total. The third kappa shape index (κ3) is 2.04. The summed E-state index contributed by atoms with van der Waals surface area (Å²) < 4.78 is 0. The molecule has 0 aliphatic rings. The van der Waals surface area contributed by atoms with Gasteiger partial charge in [0.05, 0.1) is 0 Å². The minimum atomic E-state index is -3.05. The van der Waals surface area contributed by atoms with Gasteiger partial charge in [-0.1, -0.05) is 6.08 Å². The van der Waals surface area contributed by atoms with Crippen LogP contribution in [0, 0.1) is 0 Å². The summed E-state index contributed by atoms with van der Waals surface area (Å²) in [5, 5.41) is 32.6. The van der Waals surface area contributed by atoms with Crippen LogP contribution in [-0.2, 0) is 0 Å². The first kappa shape index (κ1) is 7.58. The fourth-order valence-electron chi connectivity index (χ4n) is 0.158. The second kappa shape index (κ2) is 2.23. The van der Waals surface area contributed by atoms with Crippen molar-refractivity contribution in [2.75, 3.05) is 0 Å². The molecule has 0 amide bonds.